The molecule has 3 rings (SSSR count). The van der Waals surface area contributed by atoms with E-state index in [1.165, 1.54) is 0 Å². The van der Waals surface area contributed by atoms with Crippen LogP contribution in [0.4, 0.5) is 0 Å². The Labute approximate surface area is 157 Å². The lowest BCUT2D eigenvalue weighted by atomic mass is 9.98. The molecule has 0 unspecified atom stereocenters. The number of hydrogen-bond donors (Lipinski definition) is 0. The van der Waals surface area contributed by atoms with Crippen molar-refractivity contribution in [2.24, 2.45) is 13.0 Å². The van der Waals surface area contributed by atoms with E-state index in [1.807, 2.05) is 31.3 Å². The largest absolute Gasteiger partial charge is 0.464 e. The Hall–Kier alpha value is -1.66. The number of likely N-dealkylation sites (tertiary alicyclic amines) is 1. The number of nitrogens with zero attached hydrogens (tertiary/aromatic N) is 3. The smallest absolute Gasteiger partial charge is 0.296 e. The van der Waals surface area contributed by atoms with E-state index in [2.05, 4.69) is 32.7 Å². The molecule has 0 aliphatic carbocycles. The van der Waals surface area contributed by atoms with Crippen molar-refractivity contribution < 1.29 is 9.53 Å². The van der Waals surface area contributed by atoms with Crippen molar-refractivity contribution in [2.45, 2.75) is 19.8 Å². The quantitative estimate of drug-likeness (QED) is 0.689. The van der Waals surface area contributed by atoms with Gasteiger partial charge in [0.25, 0.3) is 6.01 Å². The summed E-state index contributed by atoms with van der Waals surface area (Å²) in [4.78, 5) is 19.4. The van der Waals surface area contributed by atoms with E-state index < -0.39 is 0 Å². The Balaban J connectivity index is 1.61. The van der Waals surface area contributed by atoms with Crippen LogP contribution in [-0.2, 0) is 7.05 Å². The van der Waals surface area contributed by atoms with Crippen LogP contribution in [0.25, 0.3) is 0 Å². The first-order valence-electron chi connectivity index (χ1n) is 8.75. The Morgan fingerprint density at radius 1 is 1.28 bits per heavy atom. The second-order valence-corrected chi connectivity index (χ2v) is 7.43. The number of imidazole rings is 1. The molecule has 5 nitrogen and oxygen atoms in total. The molecule has 1 aromatic carbocycles. The van der Waals surface area contributed by atoms with Crippen LogP contribution in [0.5, 0.6) is 6.01 Å². The predicted molar refractivity (Wildman–Crippen MR) is 101 cm³/mol. The van der Waals surface area contributed by atoms with Crippen molar-refractivity contribution in [1.29, 1.82) is 0 Å². The minimum Gasteiger partial charge on any atom is -0.464 e. The lowest BCUT2D eigenvalue weighted by Gasteiger charge is -2.30. The first-order chi connectivity index (χ1) is 12.1. The first kappa shape index (κ1) is 18.1. The number of aromatic nitrogens is 2. The lowest BCUT2D eigenvalue weighted by molar-refractivity contribution is 0.102. The third kappa shape index (κ3) is 4.30. The number of benzene rings is 1. The maximum absolute atomic E-state index is 12.6. The Morgan fingerprint density at radius 3 is 2.60 bits per heavy atom. The molecular formula is C19H24BrN3O2. The number of ether oxygens (including phenoxy) is 1. The summed E-state index contributed by atoms with van der Waals surface area (Å²) in [5.74, 6) is 0.513. The van der Waals surface area contributed by atoms with E-state index in [0.29, 0.717) is 29.8 Å². The van der Waals surface area contributed by atoms with Crippen LogP contribution in [-0.4, -0.2) is 46.5 Å². The first-order valence-corrected chi connectivity index (χ1v) is 9.55. The lowest BCUT2D eigenvalue weighted by Crippen LogP contribution is -2.35. The highest BCUT2D eigenvalue weighted by molar-refractivity contribution is 9.10. The zero-order valence-electron chi connectivity index (χ0n) is 14.7. The van der Waals surface area contributed by atoms with Crippen LogP contribution in [0.2, 0.25) is 0 Å². The molecule has 0 amide bonds. The van der Waals surface area contributed by atoms with Crippen LogP contribution in [0, 0.1) is 5.92 Å². The third-order valence-corrected chi connectivity index (χ3v) is 5.42. The summed E-state index contributed by atoms with van der Waals surface area (Å²) in [6, 6.07) is 7.86. The summed E-state index contributed by atoms with van der Waals surface area (Å²) < 4.78 is 8.60. The van der Waals surface area contributed by atoms with E-state index in [1.54, 1.807) is 10.8 Å². The zero-order chi connectivity index (χ0) is 17.8. The summed E-state index contributed by atoms with van der Waals surface area (Å²) >= 11 is 3.38. The maximum Gasteiger partial charge on any atom is 0.296 e. The fraction of sp³-hybridized carbons (Fsp3) is 0.474. The number of rotatable bonds is 6. The molecule has 2 heterocycles. The topological polar surface area (TPSA) is 47.4 Å². The van der Waals surface area contributed by atoms with Crippen molar-refractivity contribution in [3.05, 3.63) is 46.2 Å². The predicted octanol–water partition coefficient (Wildman–Crippen LogP) is 3.52. The molecule has 1 fully saturated rings. The summed E-state index contributed by atoms with van der Waals surface area (Å²) in [5.41, 5.74) is 1.18. The van der Waals surface area contributed by atoms with Crippen molar-refractivity contribution in [1.82, 2.24) is 14.5 Å². The Morgan fingerprint density at radius 2 is 1.96 bits per heavy atom. The summed E-state index contributed by atoms with van der Waals surface area (Å²) in [5, 5.41) is 0. The van der Waals surface area contributed by atoms with Gasteiger partial charge < -0.3 is 9.64 Å². The minimum atomic E-state index is -0.0476. The van der Waals surface area contributed by atoms with Crippen LogP contribution in [0.3, 0.4) is 0 Å². The fourth-order valence-electron chi connectivity index (χ4n) is 3.15. The van der Waals surface area contributed by atoms with Gasteiger partial charge in [-0.25, -0.2) is 4.98 Å². The van der Waals surface area contributed by atoms with Gasteiger partial charge in [0.1, 0.15) is 5.69 Å². The normalized spacial score (nSPS) is 16.1. The number of carbonyl (C=O) groups is 1. The van der Waals surface area contributed by atoms with E-state index >= 15 is 0 Å². The zero-order valence-corrected chi connectivity index (χ0v) is 16.3. The van der Waals surface area contributed by atoms with Crippen molar-refractivity contribution in [3.63, 3.8) is 0 Å². The van der Waals surface area contributed by atoms with Gasteiger partial charge in [-0.3, -0.25) is 9.36 Å². The van der Waals surface area contributed by atoms with Gasteiger partial charge in [0.05, 0.1) is 12.8 Å². The average molecular weight is 406 g/mol. The van der Waals surface area contributed by atoms with E-state index in [-0.39, 0.29) is 5.78 Å². The highest BCUT2D eigenvalue weighted by Gasteiger charge is 2.21. The van der Waals surface area contributed by atoms with Gasteiger partial charge >= 0.3 is 0 Å². The van der Waals surface area contributed by atoms with Crippen LogP contribution in [0.15, 0.2) is 34.9 Å². The molecule has 6 heteroatoms. The highest BCUT2D eigenvalue weighted by atomic mass is 79.9. The third-order valence-electron chi connectivity index (χ3n) is 4.89. The molecule has 0 saturated carbocycles. The molecular weight excluding hydrogens is 382 g/mol. The number of hydrogen-bond acceptors (Lipinski definition) is 4. The van der Waals surface area contributed by atoms with Gasteiger partial charge in [0.2, 0.25) is 5.78 Å². The average Bonchev–Trinajstić information content (AvgIpc) is 3.01. The summed E-state index contributed by atoms with van der Waals surface area (Å²) in [6.07, 6.45) is 3.91. The SMILES string of the molecule is CCN1CCC(COc2ncc(C(=O)c3ccc(Br)cc3)n2C)CC1. The molecule has 0 bridgehead atoms. The monoisotopic (exact) mass is 405 g/mol. The molecule has 2 aromatic rings. The van der Waals surface area contributed by atoms with Gasteiger partial charge in [0, 0.05) is 17.1 Å². The molecule has 25 heavy (non-hydrogen) atoms. The molecule has 1 aliphatic heterocycles. The molecule has 0 N–H and O–H groups in total. The maximum atomic E-state index is 12.6. The standard InChI is InChI=1S/C19H24BrN3O2/c1-3-23-10-8-14(9-11-23)13-25-19-21-12-17(22(19)2)18(24)15-4-6-16(20)7-5-15/h4-7,12,14H,3,8-11,13H2,1-2H3. The number of ketones is 1. The minimum absolute atomic E-state index is 0.0476. The molecule has 1 aliphatic rings. The summed E-state index contributed by atoms with van der Waals surface area (Å²) in [7, 11) is 1.83. The van der Waals surface area contributed by atoms with Crippen LogP contribution in [0.1, 0.15) is 35.8 Å². The molecule has 1 saturated heterocycles. The molecule has 1 aromatic heterocycles. The van der Waals surface area contributed by atoms with Gasteiger partial charge in [-0.05, 0) is 62.7 Å². The Kier molecular flexibility index (Phi) is 5.91. The molecule has 0 spiro atoms. The van der Waals surface area contributed by atoms with E-state index in [0.717, 1.165) is 36.9 Å². The van der Waals surface area contributed by atoms with Crippen molar-refractivity contribution in [3.8, 4) is 6.01 Å². The van der Waals surface area contributed by atoms with Gasteiger partial charge in [0.15, 0.2) is 0 Å². The van der Waals surface area contributed by atoms with Gasteiger partial charge in [-0.2, -0.15) is 0 Å². The van der Waals surface area contributed by atoms with Crippen molar-refractivity contribution in [2.75, 3.05) is 26.2 Å². The summed E-state index contributed by atoms with van der Waals surface area (Å²) in [6.45, 7) is 6.26. The molecule has 134 valence electrons. The highest BCUT2D eigenvalue weighted by Crippen LogP contribution is 2.20. The van der Waals surface area contributed by atoms with Crippen LogP contribution >= 0.6 is 15.9 Å². The Bertz CT molecular complexity index is 719. The number of carbonyl (C=O) groups excluding carboxylic acids is 1. The van der Waals surface area contributed by atoms with E-state index in [9.17, 15) is 4.79 Å². The van der Waals surface area contributed by atoms with Gasteiger partial charge in [-0.1, -0.05) is 22.9 Å². The second-order valence-electron chi connectivity index (χ2n) is 6.51. The second kappa shape index (κ2) is 8.15. The van der Waals surface area contributed by atoms with Crippen LogP contribution < -0.4 is 4.74 Å². The van der Waals surface area contributed by atoms with Gasteiger partial charge in [-0.15, -0.1) is 0 Å². The number of halogens is 1. The fourth-order valence-corrected chi connectivity index (χ4v) is 3.41. The molecule has 0 atom stereocenters. The number of piperidine rings is 1. The van der Waals surface area contributed by atoms with E-state index in [4.69, 9.17) is 4.74 Å². The van der Waals surface area contributed by atoms with Crippen molar-refractivity contribution >= 4 is 21.7 Å². The molecule has 0 radical (unpaired) electrons.